The van der Waals surface area contributed by atoms with Gasteiger partial charge in [0, 0.05) is 0 Å². The molecule has 0 aromatic heterocycles. The van der Waals surface area contributed by atoms with Gasteiger partial charge in [-0.15, -0.1) is 0 Å². The lowest BCUT2D eigenvalue weighted by molar-refractivity contribution is -0.140. The molecule has 17 heavy (non-hydrogen) atoms. The van der Waals surface area contributed by atoms with Crippen LogP contribution < -0.4 is 5.73 Å². The summed E-state index contributed by atoms with van der Waals surface area (Å²) in [7, 11) is -4.64. The summed E-state index contributed by atoms with van der Waals surface area (Å²) in [4.78, 5) is 10.9. The highest BCUT2D eigenvalue weighted by Gasteiger charge is 2.48. The molecular formula is C8H14F3NO4S. The van der Waals surface area contributed by atoms with Gasteiger partial charge in [-0.25, -0.2) is 8.42 Å². The standard InChI is InChI=1S/C8H14F3NO4S/c1-2-16-7(13)5-17(14,15)6(3-4-12)8(9,10)11/h6H,2-5,12H2,1H3. The normalized spacial score (nSPS) is 14.4. The van der Waals surface area contributed by atoms with Gasteiger partial charge in [-0.2, -0.15) is 13.2 Å². The molecule has 0 bridgehead atoms. The largest absolute Gasteiger partial charge is 0.465 e. The van der Waals surface area contributed by atoms with Crippen LogP contribution in [0.1, 0.15) is 13.3 Å². The Morgan fingerprint density at radius 2 is 1.94 bits per heavy atom. The molecule has 2 N–H and O–H groups in total. The molecule has 1 atom stereocenters. The molecule has 0 aliphatic heterocycles. The Labute approximate surface area is 97.0 Å². The van der Waals surface area contributed by atoms with Crippen molar-refractivity contribution in [1.82, 2.24) is 0 Å². The first-order valence-corrected chi connectivity index (χ1v) is 6.50. The van der Waals surface area contributed by atoms with Crippen LogP contribution in [0.4, 0.5) is 13.2 Å². The van der Waals surface area contributed by atoms with Crippen LogP contribution >= 0.6 is 0 Å². The van der Waals surface area contributed by atoms with E-state index in [2.05, 4.69) is 4.74 Å². The van der Waals surface area contributed by atoms with Crippen molar-refractivity contribution in [3.05, 3.63) is 0 Å². The quantitative estimate of drug-likeness (QED) is 0.703. The predicted molar refractivity (Wildman–Crippen MR) is 53.9 cm³/mol. The number of rotatable bonds is 6. The Morgan fingerprint density at radius 1 is 1.41 bits per heavy atom. The van der Waals surface area contributed by atoms with Crippen molar-refractivity contribution in [3.63, 3.8) is 0 Å². The lowest BCUT2D eigenvalue weighted by Crippen LogP contribution is -2.41. The van der Waals surface area contributed by atoms with E-state index < -0.39 is 46.0 Å². The molecule has 0 aromatic carbocycles. The minimum atomic E-state index is -4.94. The van der Waals surface area contributed by atoms with E-state index in [1.54, 1.807) is 0 Å². The third kappa shape index (κ3) is 5.35. The summed E-state index contributed by atoms with van der Waals surface area (Å²) in [5.74, 6) is -2.48. The maximum absolute atomic E-state index is 12.5. The second kappa shape index (κ2) is 6.20. The smallest absolute Gasteiger partial charge is 0.405 e. The highest BCUT2D eigenvalue weighted by Crippen LogP contribution is 2.28. The average molecular weight is 277 g/mol. The SMILES string of the molecule is CCOC(=O)CS(=O)(=O)C(CCN)C(F)(F)F. The van der Waals surface area contributed by atoms with Gasteiger partial charge < -0.3 is 10.5 Å². The number of halogens is 3. The first-order valence-electron chi connectivity index (χ1n) is 4.79. The zero-order valence-electron chi connectivity index (χ0n) is 9.16. The molecule has 0 saturated carbocycles. The Morgan fingerprint density at radius 3 is 2.29 bits per heavy atom. The lowest BCUT2D eigenvalue weighted by Gasteiger charge is -2.19. The molecule has 0 aromatic rings. The average Bonchev–Trinajstić information content (AvgIpc) is 2.11. The van der Waals surface area contributed by atoms with Gasteiger partial charge in [-0.05, 0) is 19.9 Å². The van der Waals surface area contributed by atoms with Crippen LogP contribution in [0.5, 0.6) is 0 Å². The summed E-state index contributed by atoms with van der Waals surface area (Å²) >= 11 is 0. The number of hydrogen-bond acceptors (Lipinski definition) is 5. The fraction of sp³-hybridized carbons (Fsp3) is 0.875. The van der Waals surface area contributed by atoms with Gasteiger partial charge in [0.1, 0.15) is 5.75 Å². The van der Waals surface area contributed by atoms with Gasteiger partial charge in [0.25, 0.3) is 0 Å². The van der Waals surface area contributed by atoms with Crippen molar-refractivity contribution in [3.8, 4) is 0 Å². The summed E-state index contributed by atoms with van der Waals surface area (Å²) < 4.78 is 64.4. The second-order valence-electron chi connectivity index (χ2n) is 3.22. The number of alkyl halides is 3. The highest BCUT2D eigenvalue weighted by atomic mass is 32.2. The van der Waals surface area contributed by atoms with Gasteiger partial charge in [-0.3, -0.25) is 4.79 Å². The monoisotopic (exact) mass is 277 g/mol. The van der Waals surface area contributed by atoms with Crippen molar-refractivity contribution in [2.75, 3.05) is 18.9 Å². The molecule has 0 aliphatic rings. The summed E-state index contributed by atoms with van der Waals surface area (Å²) in [6, 6.07) is 0. The van der Waals surface area contributed by atoms with Crippen LogP contribution in [0, 0.1) is 0 Å². The molecule has 1 unspecified atom stereocenters. The molecule has 102 valence electrons. The summed E-state index contributed by atoms with van der Waals surface area (Å²) in [6.07, 6.45) is -5.71. The Balaban J connectivity index is 4.92. The Bertz CT molecular complexity index is 352. The number of esters is 1. The van der Waals surface area contributed by atoms with Gasteiger partial charge in [-0.1, -0.05) is 0 Å². The van der Waals surface area contributed by atoms with E-state index in [1.807, 2.05) is 0 Å². The van der Waals surface area contributed by atoms with Gasteiger partial charge in [0.15, 0.2) is 15.1 Å². The number of nitrogens with two attached hydrogens (primary N) is 1. The zero-order valence-corrected chi connectivity index (χ0v) is 9.97. The van der Waals surface area contributed by atoms with E-state index >= 15 is 0 Å². The molecule has 0 radical (unpaired) electrons. The van der Waals surface area contributed by atoms with Gasteiger partial charge >= 0.3 is 12.1 Å². The fourth-order valence-electron chi connectivity index (χ4n) is 1.17. The van der Waals surface area contributed by atoms with Crippen LogP contribution in [0.3, 0.4) is 0 Å². The van der Waals surface area contributed by atoms with Crippen molar-refractivity contribution in [1.29, 1.82) is 0 Å². The zero-order chi connectivity index (χ0) is 13.7. The molecule has 9 heteroatoms. The molecule has 0 rings (SSSR count). The third-order valence-corrected chi connectivity index (χ3v) is 3.86. The van der Waals surface area contributed by atoms with Crippen LogP contribution in [-0.2, 0) is 19.4 Å². The van der Waals surface area contributed by atoms with E-state index in [9.17, 15) is 26.4 Å². The Kier molecular flexibility index (Phi) is 5.89. The fourth-order valence-corrected chi connectivity index (χ4v) is 2.68. The molecule has 0 aliphatic carbocycles. The maximum Gasteiger partial charge on any atom is 0.405 e. The van der Waals surface area contributed by atoms with Crippen molar-refractivity contribution in [2.24, 2.45) is 5.73 Å². The van der Waals surface area contributed by atoms with Crippen LogP contribution in [-0.4, -0.2) is 44.7 Å². The van der Waals surface area contributed by atoms with E-state index in [-0.39, 0.29) is 6.61 Å². The molecular weight excluding hydrogens is 263 g/mol. The van der Waals surface area contributed by atoms with E-state index in [4.69, 9.17) is 5.73 Å². The number of hydrogen-bond donors (Lipinski definition) is 1. The number of sulfone groups is 1. The third-order valence-electron chi connectivity index (χ3n) is 1.85. The summed E-state index contributed by atoms with van der Waals surface area (Å²) in [6.45, 7) is 0.889. The topological polar surface area (TPSA) is 86.5 Å². The first kappa shape index (κ1) is 16.2. The van der Waals surface area contributed by atoms with Crippen LogP contribution in [0.25, 0.3) is 0 Å². The first-order chi connectivity index (χ1) is 7.65. The number of carbonyl (C=O) groups excluding carboxylic acids is 1. The molecule has 0 saturated heterocycles. The van der Waals surface area contributed by atoms with E-state index in [0.29, 0.717) is 0 Å². The van der Waals surface area contributed by atoms with E-state index in [1.165, 1.54) is 6.92 Å². The molecule has 0 amide bonds. The van der Waals surface area contributed by atoms with E-state index in [0.717, 1.165) is 0 Å². The van der Waals surface area contributed by atoms with Gasteiger partial charge in [0.05, 0.1) is 6.61 Å². The lowest BCUT2D eigenvalue weighted by atomic mass is 10.3. The highest BCUT2D eigenvalue weighted by molar-refractivity contribution is 7.92. The van der Waals surface area contributed by atoms with Crippen LogP contribution in [0.15, 0.2) is 0 Å². The number of carbonyl (C=O) groups is 1. The van der Waals surface area contributed by atoms with Gasteiger partial charge in [0.2, 0.25) is 0 Å². The van der Waals surface area contributed by atoms with Crippen molar-refractivity contribution < 1.29 is 31.1 Å². The van der Waals surface area contributed by atoms with Crippen LogP contribution in [0.2, 0.25) is 0 Å². The summed E-state index contributed by atoms with van der Waals surface area (Å²) in [5, 5.41) is -2.62. The minimum absolute atomic E-state index is 0.0953. The molecule has 5 nitrogen and oxygen atoms in total. The molecule has 0 fully saturated rings. The molecule has 0 spiro atoms. The van der Waals surface area contributed by atoms with Crippen molar-refractivity contribution in [2.45, 2.75) is 24.8 Å². The number of ether oxygens (including phenoxy) is 1. The van der Waals surface area contributed by atoms with Crippen molar-refractivity contribution >= 4 is 15.8 Å². The summed E-state index contributed by atoms with van der Waals surface area (Å²) in [5.41, 5.74) is 4.93. The second-order valence-corrected chi connectivity index (χ2v) is 5.40. The molecule has 0 heterocycles. The Hall–Kier alpha value is -0.830. The minimum Gasteiger partial charge on any atom is -0.465 e. The maximum atomic E-state index is 12.5. The predicted octanol–water partition coefficient (Wildman–Crippen LogP) is 0.244.